The first-order valence-electron chi connectivity index (χ1n) is 35.5. The molecule has 19 heteroatoms. The number of allylic oxidation sites excluding steroid dienone is 15. The lowest BCUT2D eigenvalue weighted by molar-refractivity contribution is -0.379. The third-order valence-corrected chi connectivity index (χ3v) is 17.1. The van der Waals surface area contributed by atoms with Gasteiger partial charge in [0.05, 0.1) is 38.6 Å². The maximum Gasteiger partial charge on any atom is 0.220 e. The Bertz CT molecular complexity index is 2040. The summed E-state index contributed by atoms with van der Waals surface area (Å²) in [6.45, 7) is 1.59. The highest BCUT2D eigenvalue weighted by atomic mass is 16.8. The zero-order chi connectivity index (χ0) is 66.8. The number of unbranched alkanes of at least 4 members (excludes halogenated alkanes) is 23. The predicted molar refractivity (Wildman–Crippen MR) is 360 cm³/mol. The fraction of sp³-hybridized carbons (Fsp3) is 0.767. The summed E-state index contributed by atoms with van der Waals surface area (Å²) >= 11 is 0. The Hall–Kier alpha value is -3.29. The van der Waals surface area contributed by atoms with E-state index in [2.05, 4.69) is 104 Å². The number of carbonyl (C=O) groups is 1. The predicted octanol–water partition coefficient (Wildman–Crippen LogP) is 9.66. The van der Waals surface area contributed by atoms with Crippen molar-refractivity contribution in [2.75, 3.05) is 26.4 Å². The third kappa shape index (κ3) is 35.1. The van der Waals surface area contributed by atoms with Gasteiger partial charge in [0, 0.05) is 6.42 Å². The largest absolute Gasteiger partial charge is 0.394 e. The summed E-state index contributed by atoms with van der Waals surface area (Å²) in [4.78, 5) is 13.4. The van der Waals surface area contributed by atoms with Gasteiger partial charge in [-0.1, -0.05) is 233 Å². The highest BCUT2D eigenvalue weighted by Gasteiger charge is 2.53. The topological polar surface area (TPSA) is 307 Å². The van der Waals surface area contributed by atoms with Crippen molar-refractivity contribution in [3.63, 3.8) is 0 Å². The molecule has 530 valence electrons. The highest BCUT2D eigenvalue weighted by Crippen LogP contribution is 2.33. The van der Waals surface area contributed by atoms with Crippen molar-refractivity contribution in [1.82, 2.24) is 5.32 Å². The van der Waals surface area contributed by atoms with Crippen LogP contribution in [0.5, 0.6) is 0 Å². The molecule has 0 spiro atoms. The molecule has 3 aliphatic rings. The molecule has 12 N–H and O–H groups in total. The molecule has 0 aromatic heterocycles. The highest BCUT2D eigenvalue weighted by molar-refractivity contribution is 5.76. The molecule has 3 rings (SSSR count). The average Bonchev–Trinajstić information content (AvgIpc) is 0.834. The van der Waals surface area contributed by atoms with Crippen molar-refractivity contribution < 1.29 is 89.4 Å². The molecule has 0 radical (unpaired) electrons. The number of ether oxygens (including phenoxy) is 6. The maximum atomic E-state index is 13.4. The minimum absolute atomic E-state index is 0.227. The molecule has 0 aromatic rings. The van der Waals surface area contributed by atoms with Gasteiger partial charge in [0.1, 0.15) is 73.2 Å². The molecule has 92 heavy (non-hydrogen) atoms. The van der Waals surface area contributed by atoms with Crippen molar-refractivity contribution in [3.8, 4) is 0 Å². The van der Waals surface area contributed by atoms with Crippen LogP contribution in [0.25, 0.3) is 0 Å². The molecule has 3 fully saturated rings. The number of hydrogen-bond donors (Lipinski definition) is 12. The standard InChI is InChI=1S/C73H125NO18/c1-3-5-7-9-11-13-15-17-19-21-22-23-24-25-26-27-28-29-30-31-32-33-34-35-37-39-41-43-45-47-49-51-61(79)74-56(57(78)50-48-46-44-42-40-38-36-20-18-16-14-12-10-8-6-4-2)55-87-71-67(85)64(82)69(59(53-76)89-71)92-73-68(86)65(83)70(60(54-77)90-73)91-72-66(84)63(81)62(80)58(52-75)88-72/h5,7,11,13,17,19,22-23,25-26,28-29,40,42,48,50,56-60,62-73,75-78,80-86H,3-4,6,8-10,12,14-16,18,20-21,24,27,30-39,41,43-47,49,51-55H2,1-2H3,(H,74,79)/b7-5-,13-11-,19-17-,23-22-,26-25-,29-28-,42-40+,50-48+. The van der Waals surface area contributed by atoms with Gasteiger partial charge in [0.25, 0.3) is 0 Å². The van der Waals surface area contributed by atoms with E-state index < -0.39 is 124 Å². The quantitative estimate of drug-likeness (QED) is 0.0199. The zero-order valence-corrected chi connectivity index (χ0v) is 56.0. The Kier molecular flexibility index (Phi) is 48.5. The van der Waals surface area contributed by atoms with Crippen LogP contribution in [0.15, 0.2) is 97.2 Å². The van der Waals surface area contributed by atoms with Crippen molar-refractivity contribution in [2.45, 2.75) is 330 Å². The van der Waals surface area contributed by atoms with Crippen molar-refractivity contribution in [2.24, 2.45) is 0 Å². The fourth-order valence-electron chi connectivity index (χ4n) is 11.4. The van der Waals surface area contributed by atoms with E-state index in [4.69, 9.17) is 28.4 Å². The van der Waals surface area contributed by atoms with Crippen LogP contribution in [0.1, 0.15) is 226 Å². The van der Waals surface area contributed by atoms with Crippen molar-refractivity contribution in [1.29, 1.82) is 0 Å². The van der Waals surface area contributed by atoms with Gasteiger partial charge in [-0.3, -0.25) is 4.79 Å². The molecule has 1 amide bonds. The zero-order valence-electron chi connectivity index (χ0n) is 56.0. The summed E-state index contributed by atoms with van der Waals surface area (Å²) in [7, 11) is 0. The Morgan fingerprint density at radius 3 is 1.22 bits per heavy atom. The Morgan fingerprint density at radius 2 is 0.761 bits per heavy atom. The van der Waals surface area contributed by atoms with Crippen LogP contribution in [0, 0.1) is 0 Å². The van der Waals surface area contributed by atoms with E-state index in [1.54, 1.807) is 6.08 Å². The van der Waals surface area contributed by atoms with Crippen LogP contribution >= 0.6 is 0 Å². The molecule has 3 heterocycles. The molecule has 0 aromatic carbocycles. The second kappa shape index (κ2) is 53.8. The van der Waals surface area contributed by atoms with Crippen molar-refractivity contribution >= 4 is 5.91 Å². The van der Waals surface area contributed by atoms with Crippen molar-refractivity contribution in [3.05, 3.63) is 97.2 Å². The molecule has 3 saturated heterocycles. The number of carbonyl (C=O) groups excluding carboxylic acids is 1. The van der Waals surface area contributed by atoms with E-state index in [1.807, 2.05) is 6.08 Å². The van der Waals surface area contributed by atoms with Gasteiger partial charge >= 0.3 is 0 Å². The molecule has 17 atom stereocenters. The van der Waals surface area contributed by atoms with E-state index >= 15 is 0 Å². The van der Waals surface area contributed by atoms with E-state index in [9.17, 15) is 61.0 Å². The van der Waals surface area contributed by atoms with Gasteiger partial charge < -0.3 is 89.9 Å². The number of aliphatic hydroxyl groups excluding tert-OH is 11. The summed E-state index contributed by atoms with van der Waals surface area (Å²) < 4.78 is 34.3. The summed E-state index contributed by atoms with van der Waals surface area (Å²) in [6.07, 6.45) is 43.8. The Morgan fingerprint density at radius 1 is 0.402 bits per heavy atom. The number of amides is 1. The van der Waals surface area contributed by atoms with E-state index in [0.29, 0.717) is 12.8 Å². The Balaban J connectivity index is 1.40. The van der Waals surface area contributed by atoms with E-state index in [-0.39, 0.29) is 18.9 Å². The molecule has 19 nitrogen and oxygen atoms in total. The second-order valence-electron chi connectivity index (χ2n) is 25.0. The molecular formula is C73H125NO18. The summed E-state index contributed by atoms with van der Waals surface area (Å²) in [6, 6.07) is -0.997. The first kappa shape index (κ1) is 82.9. The minimum atomic E-state index is -1.98. The molecule has 0 saturated carbocycles. The van der Waals surface area contributed by atoms with Crippen LogP contribution in [0.3, 0.4) is 0 Å². The number of rotatable bonds is 53. The fourth-order valence-corrected chi connectivity index (χ4v) is 11.4. The lowest BCUT2D eigenvalue weighted by atomic mass is 9.96. The van der Waals surface area contributed by atoms with Crippen LogP contribution in [-0.4, -0.2) is 193 Å². The normalized spacial score (nSPS) is 28.3. The number of nitrogens with one attached hydrogen (secondary N) is 1. The third-order valence-electron chi connectivity index (χ3n) is 17.1. The molecule has 17 unspecified atom stereocenters. The monoisotopic (exact) mass is 1300 g/mol. The van der Waals surface area contributed by atoms with Crippen LogP contribution in [0.4, 0.5) is 0 Å². The van der Waals surface area contributed by atoms with Crippen LogP contribution in [-0.2, 0) is 33.2 Å². The van der Waals surface area contributed by atoms with Gasteiger partial charge in [0.2, 0.25) is 5.91 Å². The number of aliphatic hydroxyl groups is 11. The Labute approximate surface area is 552 Å². The molecule has 0 aliphatic carbocycles. The van der Waals surface area contributed by atoms with Gasteiger partial charge in [-0.2, -0.15) is 0 Å². The van der Waals surface area contributed by atoms with Gasteiger partial charge in [-0.05, 0) is 83.5 Å². The molecule has 3 aliphatic heterocycles. The summed E-state index contributed by atoms with van der Waals surface area (Å²) in [5, 5.41) is 120. The summed E-state index contributed by atoms with van der Waals surface area (Å²) in [5.74, 6) is -0.291. The van der Waals surface area contributed by atoms with E-state index in [0.717, 1.165) is 89.9 Å². The van der Waals surface area contributed by atoms with Gasteiger partial charge in [-0.15, -0.1) is 0 Å². The lowest BCUT2D eigenvalue weighted by Crippen LogP contribution is -2.66. The maximum absolute atomic E-state index is 13.4. The van der Waals surface area contributed by atoms with Crippen LogP contribution < -0.4 is 5.32 Å². The first-order valence-corrected chi connectivity index (χ1v) is 35.5. The summed E-state index contributed by atoms with van der Waals surface area (Å²) in [5.41, 5.74) is 0. The number of hydrogen-bond acceptors (Lipinski definition) is 18. The SMILES string of the molecule is CC/C=C\C/C=C\C/C=C\C/C=C\C/C=C\C/C=C\CCCCCCCCCCCCCCC(=O)NC(COC1OC(CO)C(OC2OC(CO)C(OC3OC(CO)C(O)C(O)C3O)C(O)C2O)C(O)C1O)C(O)/C=C/CC/C=C/CCCCCCCCCCCC. The smallest absolute Gasteiger partial charge is 0.220 e. The second-order valence-corrected chi connectivity index (χ2v) is 25.0. The average molecular weight is 1300 g/mol. The molecular weight excluding hydrogens is 1180 g/mol. The lowest BCUT2D eigenvalue weighted by Gasteiger charge is -2.48. The minimum Gasteiger partial charge on any atom is -0.394 e. The van der Waals surface area contributed by atoms with Crippen LogP contribution in [0.2, 0.25) is 0 Å². The first-order chi connectivity index (χ1) is 44.8. The molecule has 0 bridgehead atoms. The van der Waals surface area contributed by atoms with E-state index in [1.165, 1.54) is 103 Å². The van der Waals surface area contributed by atoms with Gasteiger partial charge in [-0.25, -0.2) is 0 Å². The van der Waals surface area contributed by atoms with Gasteiger partial charge in [0.15, 0.2) is 18.9 Å².